The summed E-state index contributed by atoms with van der Waals surface area (Å²) in [4.78, 5) is 11.4. The van der Waals surface area contributed by atoms with Crippen LogP contribution in [0.1, 0.15) is 39.0 Å². The standard InChI is InChI=1S/C12H24N2O3S/c1-2-3-4-7-14-12(15)5-8-13-11-6-9-18(16,17)10-11/h11,13H,2-10H2,1H3,(H,14,15). The van der Waals surface area contributed by atoms with E-state index in [0.717, 1.165) is 25.8 Å². The van der Waals surface area contributed by atoms with Crippen LogP contribution < -0.4 is 10.6 Å². The van der Waals surface area contributed by atoms with E-state index in [1.165, 1.54) is 0 Å². The normalized spacial score (nSPS) is 21.9. The molecule has 18 heavy (non-hydrogen) atoms. The molecule has 5 nitrogen and oxygen atoms in total. The predicted octanol–water partition coefficient (Wildman–Crippen LogP) is 0.460. The quantitative estimate of drug-likeness (QED) is 0.632. The summed E-state index contributed by atoms with van der Waals surface area (Å²) in [7, 11) is -2.83. The van der Waals surface area contributed by atoms with Gasteiger partial charge in [-0.1, -0.05) is 19.8 Å². The maximum absolute atomic E-state index is 11.4. The van der Waals surface area contributed by atoms with E-state index in [1.807, 2.05) is 0 Å². The fraction of sp³-hybridized carbons (Fsp3) is 0.917. The van der Waals surface area contributed by atoms with Crippen molar-refractivity contribution in [3.8, 4) is 0 Å². The van der Waals surface area contributed by atoms with Crippen LogP contribution in [0.4, 0.5) is 0 Å². The Balaban J connectivity index is 2.02. The molecule has 1 rings (SSSR count). The molecule has 0 radical (unpaired) electrons. The third-order valence-corrected chi connectivity index (χ3v) is 4.89. The highest BCUT2D eigenvalue weighted by molar-refractivity contribution is 7.91. The van der Waals surface area contributed by atoms with E-state index in [9.17, 15) is 13.2 Å². The molecule has 0 aromatic rings. The minimum Gasteiger partial charge on any atom is -0.356 e. The van der Waals surface area contributed by atoms with Crippen molar-refractivity contribution in [1.82, 2.24) is 10.6 Å². The molecule has 0 aromatic heterocycles. The first-order chi connectivity index (χ1) is 8.53. The molecule has 1 saturated heterocycles. The molecule has 1 fully saturated rings. The van der Waals surface area contributed by atoms with Crippen molar-refractivity contribution < 1.29 is 13.2 Å². The van der Waals surface area contributed by atoms with Crippen LogP contribution in [0.3, 0.4) is 0 Å². The molecule has 1 unspecified atom stereocenters. The summed E-state index contributed by atoms with van der Waals surface area (Å²) in [6, 6.07) is 0.0305. The number of carbonyl (C=O) groups is 1. The first kappa shape index (κ1) is 15.4. The summed E-state index contributed by atoms with van der Waals surface area (Å²) >= 11 is 0. The predicted molar refractivity (Wildman–Crippen MR) is 72.2 cm³/mol. The van der Waals surface area contributed by atoms with Gasteiger partial charge in [-0.05, 0) is 12.8 Å². The van der Waals surface area contributed by atoms with E-state index in [-0.39, 0.29) is 23.5 Å². The second-order valence-electron chi connectivity index (χ2n) is 4.86. The second-order valence-corrected chi connectivity index (χ2v) is 7.09. The highest BCUT2D eigenvalue weighted by atomic mass is 32.2. The maximum atomic E-state index is 11.4. The average molecular weight is 276 g/mol. The van der Waals surface area contributed by atoms with Crippen molar-refractivity contribution in [3.05, 3.63) is 0 Å². The van der Waals surface area contributed by atoms with Crippen LogP contribution in [0.25, 0.3) is 0 Å². The van der Waals surface area contributed by atoms with Crippen molar-refractivity contribution in [2.24, 2.45) is 0 Å². The Labute approximate surface area is 110 Å². The summed E-state index contributed by atoms with van der Waals surface area (Å²) in [5, 5.41) is 5.99. The fourth-order valence-corrected chi connectivity index (χ4v) is 3.74. The number of nitrogens with one attached hydrogen (secondary N) is 2. The Hall–Kier alpha value is -0.620. The van der Waals surface area contributed by atoms with Gasteiger partial charge in [0, 0.05) is 25.6 Å². The minimum atomic E-state index is -2.83. The molecule has 0 saturated carbocycles. The Morgan fingerprint density at radius 2 is 2.06 bits per heavy atom. The maximum Gasteiger partial charge on any atom is 0.221 e. The lowest BCUT2D eigenvalue weighted by molar-refractivity contribution is -0.121. The number of hydrogen-bond donors (Lipinski definition) is 2. The molecule has 106 valence electrons. The fourth-order valence-electron chi connectivity index (χ4n) is 2.04. The molecule has 1 heterocycles. The molecule has 1 amide bonds. The number of sulfone groups is 1. The first-order valence-corrected chi connectivity index (χ1v) is 8.56. The lowest BCUT2D eigenvalue weighted by atomic mass is 10.2. The zero-order valence-electron chi connectivity index (χ0n) is 11.1. The number of hydrogen-bond acceptors (Lipinski definition) is 4. The summed E-state index contributed by atoms with van der Waals surface area (Å²) in [5.74, 6) is 0.526. The average Bonchev–Trinajstić information content (AvgIpc) is 2.64. The van der Waals surface area contributed by atoms with Gasteiger partial charge in [0.05, 0.1) is 11.5 Å². The molecule has 1 atom stereocenters. The zero-order chi connectivity index (χ0) is 13.4. The van der Waals surface area contributed by atoms with Crippen LogP contribution in [-0.2, 0) is 14.6 Å². The summed E-state index contributed by atoms with van der Waals surface area (Å²) in [6.07, 6.45) is 4.39. The monoisotopic (exact) mass is 276 g/mol. The van der Waals surface area contributed by atoms with Crippen LogP contribution in [-0.4, -0.2) is 45.0 Å². The Kier molecular flexibility index (Phi) is 6.63. The van der Waals surface area contributed by atoms with E-state index in [0.29, 0.717) is 19.4 Å². The number of amides is 1. The first-order valence-electron chi connectivity index (χ1n) is 6.74. The number of carbonyl (C=O) groups excluding carboxylic acids is 1. The van der Waals surface area contributed by atoms with Crippen molar-refractivity contribution >= 4 is 15.7 Å². The van der Waals surface area contributed by atoms with Gasteiger partial charge in [0.2, 0.25) is 5.91 Å². The Morgan fingerprint density at radius 1 is 1.28 bits per heavy atom. The zero-order valence-corrected chi connectivity index (χ0v) is 11.9. The minimum absolute atomic E-state index is 0.0305. The van der Waals surface area contributed by atoms with Crippen LogP contribution in [0.15, 0.2) is 0 Å². The Morgan fingerprint density at radius 3 is 2.67 bits per heavy atom. The molecular weight excluding hydrogens is 252 g/mol. The van der Waals surface area contributed by atoms with Gasteiger partial charge in [-0.3, -0.25) is 4.79 Å². The van der Waals surface area contributed by atoms with Crippen LogP contribution in [0.5, 0.6) is 0 Å². The van der Waals surface area contributed by atoms with Gasteiger partial charge in [-0.25, -0.2) is 8.42 Å². The highest BCUT2D eigenvalue weighted by Crippen LogP contribution is 2.10. The van der Waals surface area contributed by atoms with Crippen molar-refractivity contribution in [2.45, 2.75) is 45.1 Å². The van der Waals surface area contributed by atoms with E-state index >= 15 is 0 Å². The van der Waals surface area contributed by atoms with Gasteiger partial charge in [-0.15, -0.1) is 0 Å². The lowest BCUT2D eigenvalue weighted by Crippen LogP contribution is -2.34. The molecule has 2 N–H and O–H groups in total. The van der Waals surface area contributed by atoms with Crippen LogP contribution in [0.2, 0.25) is 0 Å². The molecule has 0 aromatic carbocycles. The molecule has 0 bridgehead atoms. The molecular formula is C12H24N2O3S. The largest absolute Gasteiger partial charge is 0.356 e. The Bertz CT molecular complexity index is 354. The molecule has 6 heteroatoms. The van der Waals surface area contributed by atoms with Gasteiger partial charge in [0.25, 0.3) is 0 Å². The summed E-state index contributed by atoms with van der Waals surface area (Å²) in [6.45, 7) is 3.42. The van der Waals surface area contributed by atoms with E-state index < -0.39 is 9.84 Å². The van der Waals surface area contributed by atoms with Gasteiger partial charge >= 0.3 is 0 Å². The summed E-state index contributed by atoms with van der Waals surface area (Å²) in [5.41, 5.74) is 0. The lowest BCUT2D eigenvalue weighted by Gasteiger charge is -2.10. The molecule has 1 aliphatic heterocycles. The van der Waals surface area contributed by atoms with Crippen molar-refractivity contribution in [1.29, 1.82) is 0 Å². The molecule has 0 aliphatic carbocycles. The van der Waals surface area contributed by atoms with Gasteiger partial charge in [-0.2, -0.15) is 0 Å². The number of unbranched alkanes of at least 4 members (excludes halogenated alkanes) is 2. The van der Waals surface area contributed by atoms with Gasteiger partial charge < -0.3 is 10.6 Å². The third-order valence-electron chi connectivity index (χ3n) is 3.12. The highest BCUT2D eigenvalue weighted by Gasteiger charge is 2.27. The van der Waals surface area contributed by atoms with E-state index in [2.05, 4.69) is 17.6 Å². The SMILES string of the molecule is CCCCCNC(=O)CCNC1CCS(=O)(=O)C1. The topological polar surface area (TPSA) is 75.3 Å². The van der Waals surface area contributed by atoms with Crippen molar-refractivity contribution in [2.75, 3.05) is 24.6 Å². The van der Waals surface area contributed by atoms with Crippen LogP contribution >= 0.6 is 0 Å². The van der Waals surface area contributed by atoms with Gasteiger partial charge in [0.15, 0.2) is 9.84 Å². The van der Waals surface area contributed by atoms with Crippen molar-refractivity contribution in [3.63, 3.8) is 0 Å². The van der Waals surface area contributed by atoms with Crippen LogP contribution in [0, 0.1) is 0 Å². The second kappa shape index (κ2) is 7.74. The smallest absolute Gasteiger partial charge is 0.221 e. The molecule has 0 spiro atoms. The third kappa shape index (κ3) is 6.35. The van der Waals surface area contributed by atoms with E-state index in [4.69, 9.17) is 0 Å². The number of rotatable bonds is 8. The molecule has 1 aliphatic rings. The summed E-state index contributed by atoms with van der Waals surface area (Å²) < 4.78 is 22.4. The van der Waals surface area contributed by atoms with Gasteiger partial charge in [0.1, 0.15) is 0 Å². The van der Waals surface area contributed by atoms with E-state index in [1.54, 1.807) is 0 Å².